The number of aromatic carboxylic acids is 1. The van der Waals surface area contributed by atoms with E-state index in [9.17, 15) is 4.79 Å². The average molecular weight is 246 g/mol. The number of carboxylic acids is 1. The van der Waals surface area contributed by atoms with Crippen LogP contribution in [0.1, 0.15) is 24.2 Å². The monoisotopic (exact) mass is 245 g/mol. The van der Waals surface area contributed by atoms with E-state index in [4.69, 9.17) is 10.8 Å². The van der Waals surface area contributed by atoms with E-state index in [-0.39, 0.29) is 5.56 Å². The summed E-state index contributed by atoms with van der Waals surface area (Å²) in [5.41, 5.74) is 6.04. The first kappa shape index (κ1) is 12.0. The first-order valence-corrected chi connectivity index (χ1v) is 4.68. The molecule has 0 aliphatic heterocycles. The van der Waals surface area contributed by atoms with Crippen LogP contribution >= 0.6 is 15.9 Å². The van der Waals surface area contributed by atoms with Crippen LogP contribution in [0.5, 0.6) is 0 Å². The summed E-state index contributed by atoms with van der Waals surface area (Å²) in [6.45, 7) is 4.00. The minimum Gasteiger partial charge on any atom is -0.478 e. The first-order chi connectivity index (χ1) is 6.09. The molecular formula is C9H12BrNO2. The number of hydrogen-bond donors (Lipinski definition) is 2. The van der Waals surface area contributed by atoms with Crippen LogP contribution in [0, 0.1) is 0 Å². The predicted octanol–water partition coefficient (Wildman–Crippen LogP) is 2.76. The van der Waals surface area contributed by atoms with Crippen molar-refractivity contribution in [3.8, 4) is 0 Å². The number of nitrogen functional groups attached to an aromatic ring is 1. The summed E-state index contributed by atoms with van der Waals surface area (Å²) in [4.78, 5) is 10.4. The Balaban J connectivity index is 0.000000671. The van der Waals surface area contributed by atoms with E-state index in [0.717, 1.165) is 0 Å². The number of nitrogens with two attached hydrogens (primary N) is 1. The zero-order chi connectivity index (χ0) is 10.4. The van der Waals surface area contributed by atoms with Crippen molar-refractivity contribution in [1.82, 2.24) is 0 Å². The molecule has 0 unspecified atom stereocenters. The van der Waals surface area contributed by atoms with Crippen LogP contribution in [0.25, 0.3) is 0 Å². The lowest BCUT2D eigenvalue weighted by atomic mass is 10.2. The third kappa shape index (κ3) is 3.94. The van der Waals surface area contributed by atoms with E-state index >= 15 is 0 Å². The molecule has 1 rings (SSSR count). The van der Waals surface area contributed by atoms with Gasteiger partial charge in [0.05, 0.1) is 5.56 Å². The van der Waals surface area contributed by atoms with E-state index < -0.39 is 5.97 Å². The predicted molar refractivity (Wildman–Crippen MR) is 56.9 cm³/mol. The molecule has 0 spiro atoms. The van der Waals surface area contributed by atoms with E-state index in [1.54, 1.807) is 6.07 Å². The largest absolute Gasteiger partial charge is 0.478 e. The third-order valence-corrected chi connectivity index (χ3v) is 1.62. The SMILES string of the molecule is CC.Nc1cc(Br)cc(C(=O)O)c1. The van der Waals surface area contributed by atoms with Gasteiger partial charge in [0.1, 0.15) is 0 Å². The summed E-state index contributed by atoms with van der Waals surface area (Å²) in [5.74, 6) is -0.974. The van der Waals surface area contributed by atoms with Crippen molar-refractivity contribution in [2.75, 3.05) is 5.73 Å². The maximum absolute atomic E-state index is 10.4. The number of hydrogen-bond acceptors (Lipinski definition) is 2. The second kappa shape index (κ2) is 5.59. The number of carboxylic acid groups (broad SMARTS) is 1. The molecule has 0 saturated carbocycles. The van der Waals surface area contributed by atoms with Gasteiger partial charge in [0.15, 0.2) is 0 Å². The van der Waals surface area contributed by atoms with Crippen molar-refractivity contribution in [2.45, 2.75) is 13.8 Å². The van der Waals surface area contributed by atoms with Crippen LogP contribution in [0.4, 0.5) is 5.69 Å². The van der Waals surface area contributed by atoms with Crippen LogP contribution < -0.4 is 5.73 Å². The number of benzene rings is 1. The van der Waals surface area contributed by atoms with Crippen molar-refractivity contribution in [2.24, 2.45) is 0 Å². The molecule has 0 atom stereocenters. The summed E-state index contributed by atoms with van der Waals surface area (Å²) in [5, 5.41) is 8.56. The van der Waals surface area contributed by atoms with Gasteiger partial charge in [-0.3, -0.25) is 0 Å². The Labute approximate surface area is 85.7 Å². The highest BCUT2D eigenvalue weighted by Crippen LogP contribution is 2.16. The molecule has 3 N–H and O–H groups in total. The molecule has 1 aromatic carbocycles. The van der Waals surface area contributed by atoms with Crippen LogP contribution in [0.3, 0.4) is 0 Å². The Bertz CT molecular complexity index is 279. The smallest absolute Gasteiger partial charge is 0.335 e. The van der Waals surface area contributed by atoms with Crippen LogP contribution in [-0.4, -0.2) is 11.1 Å². The van der Waals surface area contributed by atoms with Gasteiger partial charge in [-0.1, -0.05) is 29.8 Å². The Kier molecular flexibility index (Phi) is 5.14. The van der Waals surface area contributed by atoms with Gasteiger partial charge in [0.2, 0.25) is 0 Å². The standard InChI is InChI=1S/C7H6BrNO2.C2H6/c8-5-1-4(7(10)11)2-6(9)3-5;1-2/h1-3H,9H2,(H,10,11);1-2H3. The highest BCUT2D eigenvalue weighted by atomic mass is 79.9. The lowest BCUT2D eigenvalue weighted by molar-refractivity contribution is 0.0697. The molecule has 0 amide bonds. The molecule has 0 aromatic heterocycles. The zero-order valence-electron chi connectivity index (χ0n) is 7.54. The van der Waals surface area contributed by atoms with Gasteiger partial charge in [0.25, 0.3) is 0 Å². The Morgan fingerprint density at radius 1 is 1.38 bits per heavy atom. The van der Waals surface area contributed by atoms with E-state index in [0.29, 0.717) is 10.2 Å². The molecule has 13 heavy (non-hydrogen) atoms. The van der Waals surface area contributed by atoms with Crippen LogP contribution in [-0.2, 0) is 0 Å². The van der Waals surface area contributed by atoms with Gasteiger partial charge in [-0.15, -0.1) is 0 Å². The first-order valence-electron chi connectivity index (χ1n) is 3.89. The molecule has 0 aliphatic carbocycles. The maximum atomic E-state index is 10.4. The normalized spacial score (nSPS) is 8.54. The highest BCUT2D eigenvalue weighted by molar-refractivity contribution is 9.10. The fraction of sp³-hybridized carbons (Fsp3) is 0.222. The molecule has 0 bridgehead atoms. The van der Waals surface area contributed by atoms with Gasteiger partial charge < -0.3 is 10.8 Å². The summed E-state index contributed by atoms with van der Waals surface area (Å²) in [6.07, 6.45) is 0. The summed E-state index contributed by atoms with van der Waals surface area (Å²) < 4.78 is 0.676. The molecule has 4 heteroatoms. The molecule has 0 aliphatic rings. The summed E-state index contributed by atoms with van der Waals surface area (Å²) in [7, 11) is 0. The molecule has 1 aromatic rings. The molecule has 0 heterocycles. The molecule has 3 nitrogen and oxygen atoms in total. The highest BCUT2D eigenvalue weighted by Gasteiger charge is 2.03. The molecule has 0 saturated heterocycles. The second-order valence-electron chi connectivity index (χ2n) is 2.08. The van der Waals surface area contributed by atoms with Crippen molar-refractivity contribution in [1.29, 1.82) is 0 Å². The fourth-order valence-corrected chi connectivity index (χ4v) is 1.25. The fourth-order valence-electron chi connectivity index (χ4n) is 0.736. The molecule has 0 fully saturated rings. The number of rotatable bonds is 1. The van der Waals surface area contributed by atoms with Gasteiger partial charge in [-0.05, 0) is 18.2 Å². The average Bonchev–Trinajstić information content (AvgIpc) is 2.06. The minimum atomic E-state index is -0.974. The Hall–Kier alpha value is -1.03. The molecule has 72 valence electrons. The Morgan fingerprint density at radius 2 is 1.92 bits per heavy atom. The quantitative estimate of drug-likeness (QED) is 0.749. The van der Waals surface area contributed by atoms with E-state index in [2.05, 4.69) is 15.9 Å². The van der Waals surface area contributed by atoms with Gasteiger partial charge in [-0.2, -0.15) is 0 Å². The Morgan fingerprint density at radius 3 is 2.31 bits per heavy atom. The molecule has 0 radical (unpaired) electrons. The summed E-state index contributed by atoms with van der Waals surface area (Å²) in [6, 6.07) is 4.55. The van der Waals surface area contributed by atoms with Gasteiger partial charge in [0, 0.05) is 10.2 Å². The summed E-state index contributed by atoms with van der Waals surface area (Å²) >= 11 is 3.14. The third-order valence-electron chi connectivity index (χ3n) is 1.17. The van der Waals surface area contributed by atoms with Gasteiger partial charge >= 0.3 is 5.97 Å². The number of carbonyl (C=O) groups is 1. The van der Waals surface area contributed by atoms with E-state index in [1.165, 1.54) is 12.1 Å². The van der Waals surface area contributed by atoms with Crippen molar-refractivity contribution in [3.05, 3.63) is 28.2 Å². The van der Waals surface area contributed by atoms with Crippen molar-refractivity contribution < 1.29 is 9.90 Å². The topological polar surface area (TPSA) is 63.3 Å². The lowest BCUT2D eigenvalue weighted by Crippen LogP contribution is -1.97. The molecular weight excluding hydrogens is 234 g/mol. The van der Waals surface area contributed by atoms with E-state index in [1.807, 2.05) is 13.8 Å². The number of anilines is 1. The van der Waals surface area contributed by atoms with Crippen molar-refractivity contribution >= 4 is 27.6 Å². The van der Waals surface area contributed by atoms with Crippen LogP contribution in [0.15, 0.2) is 22.7 Å². The lowest BCUT2D eigenvalue weighted by Gasteiger charge is -1.97. The second-order valence-corrected chi connectivity index (χ2v) is 2.99. The number of halogens is 1. The van der Waals surface area contributed by atoms with Crippen molar-refractivity contribution in [3.63, 3.8) is 0 Å². The zero-order valence-corrected chi connectivity index (χ0v) is 9.13. The maximum Gasteiger partial charge on any atom is 0.335 e. The van der Waals surface area contributed by atoms with Gasteiger partial charge in [-0.25, -0.2) is 4.79 Å². The van der Waals surface area contributed by atoms with Crippen LogP contribution in [0.2, 0.25) is 0 Å². The minimum absolute atomic E-state index is 0.192.